The zero-order valence-electron chi connectivity index (χ0n) is 9.98. The second-order valence-corrected chi connectivity index (χ2v) is 4.42. The molecule has 1 aromatic carbocycles. The lowest BCUT2D eigenvalue weighted by Gasteiger charge is -2.11. The Hall–Kier alpha value is -1.78. The molecule has 2 rings (SSSR count). The van der Waals surface area contributed by atoms with Crippen molar-refractivity contribution in [1.29, 1.82) is 0 Å². The van der Waals surface area contributed by atoms with Crippen LogP contribution in [0.2, 0.25) is 10.0 Å². The number of nitrogens with zero attached hydrogens (tertiary/aromatic N) is 1. The van der Waals surface area contributed by atoms with Crippen molar-refractivity contribution in [3.05, 3.63) is 52.1 Å². The summed E-state index contributed by atoms with van der Waals surface area (Å²) in [6.45, 7) is 0. The first-order valence-corrected chi connectivity index (χ1v) is 6.13. The van der Waals surface area contributed by atoms with E-state index in [4.69, 9.17) is 27.9 Å². The highest BCUT2D eigenvalue weighted by Crippen LogP contribution is 2.34. The van der Waals surface area contributed by atoms with Crippen LogP contribution in [0, 0.1) is 0 Å². The molecule has 19 heavy (non-hydrogen) atoms. The van der Waals surface area contributed by atoms with Gasteiger partial charge in [0.2, 0.25) is 0 Å². The van der Waals surface area contributed by atoms with Gasteiger partial charge in [0.15, 0.2) is 5.75 Å². The Balaban J connectivity index is 2.36. The van der Waals surface area contributed by atoms with Crippen LogP contribution in [0.5, 0.6) is 5.75 Å². The Morgan fingerprint density at radius 3 is 2.58 bits per heavy atom. The van der Waals surface area contributed by atoms with Gasteiger partial charge in [-0.15, -0.1) is 0 Å². The first-order valence-electron chi connectivity index (χ1n) is 5.38. The van der Waals surface area contributed by atoms with Crippen LogP contribution < -0.4 is 10.1 Å². The number of rotatable bonds is 3. The zero-order valence-corrected chi connectivity index (χ0v) is 11.5. The van der Waals surface area contributed by atoms with Gasteiger partial charge < -0.3 is 10.1 Å². The number of pyridine rings is 1. The minimum Gasteiger partial charge on any atom is -0.494 e. The molecule has 0 atom stereocenters. The number of carbonyl (C=O) groups is 1. The minimum absolute atomic E-state index is 0.183. The molecule has 0 saturated carbocycles. The number of halogens is 2. The molecule has 2 aromatic rings. The third-order valence-corrected chi connectivity index (χ3v) is 3.01. The quantitative estimate of drug-likeness (QED) is 0.940. The fourth-order valence-corrected chi connectivity index (χ4v) is 2.03. The monoisotopic (exact) mass is 296 g/mol. The average molecular weight is 297 g/mol. The van der Waals surface area contributed by atoms with Crippen molar-refractivity contribution in [3.8, 4) is 5.75 Å². The minimum atomic E-state index is -0.428. The zero-order chi connectivity index (χ0) is 13.8. The van der Waals surface area contributed by atoms with E-state index in [-0.39, 0.29) is 16.3 Å². The number of carbonyl (C=O) groups excluding carboxylic acids is 1. The Morgan fingerprint density at radius 1 is 1.21 bits per heavy atom. The van der Waals surface area contributed by atoms with Gasteiger partial charge in [0.25, 0.3) is 5.91 Å². The second kappa shape index (κ2) is 5.91. The summed E-state index contributed by atoms with van der Waals surface area (Å²) < 4.78 is 5.12. The van der Waals surface area contributed by atoms with Crippen molar-refractivity contribution in [2.45, 2.75) is 0 Å². The molecule has 0 saturated heterocycles. The van der Waals surface area contributed by atoms with E-state index >= 15 is 0 Å². The number of ether oxygens (including phenoxy) is 1. The van der Waals surface area contributed by atoms with Gasteiger partial charge in [-0.05, 0) is 24.3 Å². The van der Waals surface area contributed by atoms with Crippen LogP contribution in [0.25, 0.3) is 0 Å². The Labute approximate surface area is 120 Å². The number of benzene rings is 1. The number of methoxy groups -OCH3 is 1. The van der Waals surface area contributed by atoms with Crippen molar-refractivity contribution in [2.75, 3.05) is 12.4 Å². The molecule has 98 valence electrons. The van der Waals surface area contributed by atoms with Crippen LogP contribution in [-0.2, 0) is 0 Å². The summed E-state index contributed by atoms with van der Waals surface area (Å²) in [5, 5.41) is 3.20. The molecule has 1 amide bonds. The predicted molar refractivity (Wildman–Crippen MR) is 75.2 cm³/mol. The molecular weight excluding hydrogens is 287 g/mol. The molecule has 0 aliphatic rings. The van der Waals surface area contributed by atoms with Crippen molar-refractivity contribution < 1.29 is 9.53 Å². The smallest absolute Gasteiger partial charge is 0.262 e. The molecule has 4 nitrogen and oxygen atoms in total. The number of nitrogens with one attached hydrogen (secondary N) is 1. The van der Waals surface area contributed by atoms with Crippen molar-refractivity contribution in [2.24, 2.45) is 0 Å². The summed E-state index contributed by atoms with van der Waals surface area (Å²) in [5.41, 5.74) is 0.183. The highest BCUT2D eigenvalue weighted by Gasteiger charge is 2.19. The molecule has 0 radical (unpaired) electrons. The molecular formula is C13H10Cl2N2O2. The summed E-state index contributed by atoms with van der Waals surface area (Å²) in [5.74, 6) is 0.233. The van der Waals surface area contributed by atoms with E-state index in [0.29, 0.717) is 10.8 Å². The van der Waals surface area contributed by atoms with Gasteiger partial charge in [0.1, 0.15) is 11.4 Å². The molecule has 1 aromatic heterocycles. The fourth-order valence-electron chi connectivity index (χ4n) is 1.56. The molecule has 0 spiro atoms. The number of hydrogen-bond acceptors (Lipinski definition) is 3. The molecule has 0 bridgehead atoms. The maximum absolute atomic E-state index is 12.2. The molecule has 0 unspecified atom stereocenters. The largest absolute Gasteiger partial charge is 0.494 e. The molecule has 1 heterocycles. The van der Waals surface area contributed by atoms with E-state index in [9.17, 15) is 4.79 Å². The lowest BCUT2D eigenvalue weighted by molar-refractivity contribution is 0.102. The molecule has 0 fully saturated rings. The van der Waals surface area contributed by atoms with Gasteiger partial charge in [-0.1, -0.05) is 29.3 Å². The summed E-state index contributed by atoms with van der Waals surface area (Å²) in [6.07, 6.45) is 1.58. The van der Waals surface area contributed by atoms with E-state index in [1.54, 1.807) is 36.5 Å². The molecule has 1 N–H and O–H groups in total. The summed E-state index contributed by atoms with van der Waals surface area (Å²) in [6, 6.07) is 8.30. The van der Waals surface area contributed by atoms with E-state index in [0.717, 1.165) is 0 Å². The number of hydrogen-bond donors (Lipinski definition) is 1. The van der Waals surface area contributed by atoms with Gasteiger partial charge in [-0.2, -0.15) is 0 Å². The maximum atomic E-state index is 12.2. The third kappa shape index (κ3) is 2.97. The Morgan fingerprint density at radius 2 is 1.95 bits per heavy atom. The van der Waals surface area contributed by atoms with E-state index in [1.807, 2.05) is 0 Å². The van der Waals surface area contributed by atoms with Crippen molar-refractivity contribution >= 4 is 34.9 Å². The molecule has 0 aliphatic heterocycles. The highest BCUT2D eigenvalue weighted by atomic mass is 35.5. The van der Waals surface area contributed by atoms with Crippen LogP contribution in [0.4, 0.5) is 5.82 Å². The second-order valence-electron chi connectivity index (χ2n) is 3.61. The van der Waals surface area contributed by atoms with Gasteiger partial charge in [-0.25, -0.2) is 4.98 Å². The number of aromatic nitrogens is 1. The highest BCUT2D eigenvalue weighted by molar-refractivity contribution is 6.37. The lowest BCUT2D eigenvalue weighted by atomic mass is 10.2. The van der Waals surface area contributed by atoms with Crippen molar-refractivity contribution in [3.63, 3.8) is 0 Å². The normalized spacial score (nSPS) is 10.1. The number of anilines is 1. The third-order valence-electron chi connectivity index (χ3n) is 2.40. The van der Waals surface area contributed by atoms with Crippen LogP contribution in [0.15, 0.2) is 36.5 Å². The average Bonchev–Trinajstić information content (AvgIpc) is 2.42. The maximum Gasteiger partial charge on any atom is 0.262 e. The Kier molecular flexibility index (Phi) is 4.24. The van der Waals surface area contributed by atoms with Gasteiger partial charge >= 0.3 is 0 Å². The summed E-state index contributed by atoms with van der Waals surface area (Å²) >= 11 is 12.0. The number of amides is 1. The molecule has 6 heteroatoms. The summed E-state index contributed by atoms with van der Waals surface area (Å²) in [4.78, 5) is 16.2. The SMILES string of the molecule is COc1c(Cl)ccc(Cl)c1C(=O)Nc1ccccn1. The first kappa shape index (κ1) is 13.6. The van der Waals surface area contributed by atoms with Crippen LogP contribution in [0.1, 0.15) is 10.4 Å². The van der Waals surface area contributed by atoms with Crippen LogP contribution in [0.3, 0.4) is 0 Å². The summed E-state index contributed by atoms with van der Waals surface area (Å²) in [7, 11) is 1.43. The van der Waals surface area contributed by atoms with Crippen LogP contribution in [-0.4, -0.2) is 18.0 Å². The van der Waals surface area contributed by atoms with E-state index in [2.05, 4.69) is 10.3 Å². The van der Waals surface area contributed by atoms with Gasteiger partial charge in [0.05, 0.1) is 17.2 Å². The predicted octanol–water partition coefficient (Wildman–Crippen LogP) is 3.65. The van der Waals surface area contributed by atoms with Crippen LogP contribution >= 0.6 is 23.2 Å². The topological polar surface area (TPSA) is 51.2 Å². The van der Waals surface area contributed by atoms with Gasteiger partial charge in [-0.3, -0.25) is 4.79 Å². The lowest BCUT2D eigenvalue weighted by Crippen LogP contribution is -2.14. The Bertz CT molecular complexity index is 603. The van der Waals surface area contributed by atoms with Crippen molar-refractivity contribution in [1.82, 2.24) is 4.98 Å². The standard InChI is InChI=1S/C13H10Cl2N2O2/c1-19-12-9(15)6-5-8(14)11(12)13(18)17-10-4-2-3-7-16-10/h2-7H,1H3,(H,16,17,18). The van der Waals surface area contributed by atoms with E-state index < -0.39 is 5.91 Å². The van der Waals surface area contributed by atoms with E-state index in [1.165, 1.54) is 7.11 Å². The first-order chi connectivity index (χ1) is 9.13. The van der Waals surface area contributed by atoms with Gasteiger partial charge in [0, 0.05) is 6.20 Å². The fraction of sp³-hybridized carbons (Fsp3) is 0.0769. The molecule has 0 aliphatic carbocycles.